The molecule has 1 saturated heterocycles. The zero-order valence-corrected chi connectivity index (χ0v) is 11.1. The van der Waals surface area contributed by atoms with Gasteiger partial charge in [-0.3, -0.25) is 0 Å². The topological polar surface area (TPSA) is 90.9 Å². The Labute approximate surface area is 106 Å². The van der Waals surface area contributed by atoms with Crippen molar-refractivity contribution in [3.63, 3.8) is 0 Å². The Kier molecular flexibility index (Phi) is 2.90. The summed E-state index contributed by atoms with van der Waals surface area (Å²) in [4.78, 5) is 0. The summed E-state index contributed by atoms with van der Waals surface area (Å²) in [5.41, 5.74) is 5.98. The maximum Gasteiger partial charge on any atom is 0.150 e. The molecule has 0 aromatic carbocycles. The van der Waals surface area contributed by atoms with E-state index >= 15 is 0 Å². The number of rotatable bonds is 1. The third-order valence-electron chi connectivity index (χ3n) is 3.93. The second-order valence-corrected chi connectivity index (χ2v) is 7.61. The molecule has 0 radical (unpaired) electrons. The molecule has 0 saturated carbocycles. The SMILES string of the molecule is NC1CCc2nnc(C3CCS(=O)(=O)CC3)n2C1. The number of fused-ring (bicyclic) bond motifs is 1. The fraction of sp³-hybridized carbons (Fsp3) is 0.818. The average Bonchev–Trinajstić information content (AvgIpc) is 2.72. The molecule has 1 aromatic rings. The number of sulfone groups is 1. The largest absolute Gasteiger partial charge is 0.326 e. The second kappa shape index (κ2) is 4.31. The van der Waals surface area contributed by atoms with Crippen LogP contribution in [0.4, 0.5) is 0 Å². The third kappa shape index (κ3) is 2.16. The predicted molar refractivity (Wildman–Crippen MR) is 66.9 cm³/mol. The van der Waals surface area contributed by atoms with E-state index in [0.717, 1.165) is 31.0 Å². The van der Waals surface area contributed by atoms with Crippen LogP contribution in [-0.4, -0.2) is 40.7 Å². The van der Waals surface area contributed by atoms with E-state index in [-0.39, 0.29) is 23.5 Å². The van der Waals surface area contributed by atoms with Crippen molar-refractivity contribution >= 4 is 9.84 Å². The zero-order valence-electron chi connectivity index (χ0n) is 10.2. The van der Waals surface area contributed by atoms with E-state index in [2.05, 4.69) is 14.8 Å². The minimum atomic E-state index is -2.82. The molecule has 0 bridgehead atoms. The highest BCUT2D eigenvalue weighted by Gasteiger charge is 2.30. The van der Waals surface area contributed by atoms with Crippen LogP contribution in [0.5, 0.6) is 0 Å². The van der Waals surface area contributed by atoms with Crippen LogP contribution in [0.2, 0.25) is 0 Å². The van der Waals surface area contributed by atoms with Crippen LogP contribution in [0.1, 0.15) is 36.8 Å². The predicted octanol–water partition coefficient (Wildman–Crippen LogP) is -0.156. The molecule has 3 rings (SSSR count). The minimum Gasteiger partial charge on any atom is -0.326 e. The normalized spacial score (nSPS) is 27.9. The summed E-state index contributed by atoms with van der Waals surface area (Å²) >= 11 is 0. The first-order chi connectivity index (χ1) is 8.55. The van der Waals surface area contributed by atoms with Gasteiger partial charge in [-0.15, -0.1) is 10.2 Å². The van der Waals surface area contributed by atoms with Crippen molar-refractivity contribution in [2.75, 3.05) is 11.5 Å². The highest BCUT2D eigenvalue weighted by molar-refractivity contribution is 7.91. The van der Waals surface area contributed by atoms with Crippen molar-refractivity contribution in [3.8, 4) is 0 Å². The van der Waals surface area contributed by atoms with Crippen molar-refractivity contribution in [2.24, 2.45) is 5.73 Å². The monoisotopic (exact) mass is 270 g/mol. The lowest BCUT2D eigenvalue weighted by molar-refractivity contribution is 0.426. The Morgan fingerprint density at radius 2 is 1.89 bits per heavy atom. The molecular formula is C11H18N4O2S. The summed E-state index contributed by atoms with van der Waals surface area (Å²) in [6.07, 6.45) is 3.15. The van der Waals surface area contributed by atoms with Crippen molar-refractivity contribution < 1.29 is 8.42 Å². The van der Waals surface area contributed by atoms with Crippen LogP contribution in [-0.2, 0) is 22.8 Å². The van der Waals surface area contributed by atoms with E-state index in [9.17, 15) is 8.42 Å². The highest BCUT2D eigenvalue weighted by Crippen LogP contribution is 2.29. The van der Waals surface area contributed by atoms with Gasteiger partial charge in [0.1, 0.15) is 21.5 Å². The maximum atomic E-state index is 11.4. The molecule has 0 amide bonds. The maximum absolute atomic E-state index is 11.4. The van der Waals surface area contributed by atoms with Gasteiger partial charge in [0.2, 0.25) is 0 Å². The average molecular weight is 270 g/mol. The van der Waals surface area contributed by atoms with Gasteiger partial charge < -0.3 is 10.3 Å². The van der Waals surface area contributed by atoms with Gasteiger partial charge in [0.25, 0.3) is 0 Å². The van der Waals surface area contributed by atoms with E-state index in [1.165, 1.54) is 0 Å². The molecule has 2 N–H and O–H groups in total. The van der Waals surface area contributed by atoms with Crippen LogP contribution in [0, 0.1) is 0 Å². The van der Waals surface area contributed by atoms with E-state index in [4.69, 9.17) is 5.73 Å². The number of hydrogen-bond donors (Lipinski definition) is 1. The van der Waals surface area contributed by atoms with E-state index in [1.54, 1.807) is 0 Å². The second-order valence-electron chi connectivity index (χ2n) is 5.31. The molecule has 2 aliphatic rings. The van der Waals surface area contributed by atoms with Gasteiger partial charge in [-0.1, -0.05) is 0 Å². The lowest BCUT2D eigenvalue weighted by atomic mass is 10.0. The fourth-order valence-corrected chi connectivity index (χ4v) is 4.31. The summed E-state index contributed by atoms with van der Waals surface area (Å²) in [6.45, 7) is 0.765. The van der Waals surface area contributed by atoms with Gasteiger partial charge in [0.05, 0.1) is 11.5 Å². The van der Waals surface area contributed by atoms with Crippen LogP contribution < -0.4 is 5.73 Å². The summed E-state index contributed by atoms with van der Waals surface area (Å²) < 4.78 is 25.0. The highest BCUT2D eigenvalue weighted by atomic mass is 32.2. The van der Waals surface area contributed by atoms with Crippen LogP contribution in [0.25, 0.3) is 0 Å². The van der Waals surface area contributed by atoms with Crippen LogP contribution in [0.3, 0.4) is 0 Å². The number of hydrogen-bond acceptors (Lipinski definition) is 5. The van der Waals surface area contributed by atoms with E-state index in [1.807, 2.05) is 0 Å². The van der Waals surface area contributed by atoms with Gasteiger partial charge >= 0.3 is 0 Å². The Balaban J connectivity index is 1.84. The molecule has 100 valence electrons. The Hall–Kier alpha value is -0.950. The standard InChI is InChI=1S/C11H18N4O2S/c12-9-1-2-10-13-14-11(15(10)7-9)8-3-5-18(16,17)6-4-8/h8-9H,1-7,12H2. The van der Waals surface area contributed by atoms with Gasteiger partial charge in [-0.2, -0.15) is 0 Å². The van der Waals surface area contributed by atoms with Gasteiger partial charge in [-0.05, 0) is 19.3 Å². The molecule has 2 aliphatic heterocycles. The Morgan fingerprint density at radius 1 is 1.17 bits per heavy atom. The number of aromatic nitrogens is 3. The van der Waals surface area contributed by atoms with Crippen molar-refractivity contribution in [1.29, 1.82) is 0 Å². The first kappa shape index (κ1) is 12.1. The quantitative estimate of drug-likeness (QED) is 0.766. The Morgan fingerprint density at radius 3 is 2.61 bits per heavy atom. The molecule has 1 fully saturated rings. The van der Waals surface area contributed by atoms with Crippen molar-refractivity contribution in [1.82, 2.24) is 14.8 Å². The molecule has 1 aromatic heterocycles. The van der Waals surface area contributed by atoms with Crippen LogP contribution >= 0.6 is 0 Å². The van der Waals surface area contributed by atoms with E-state index in [0.29, 0.717) is 12.8 Å². The van der Waals surface area contributed by atoms with Crippen molar-refractivity contribution in [3.05, 3.63) is 11.6 Å². The lowest BCUT2D eigenvalue weighted by Crippen LogP contribution is -2.34. The molecule has 6 nitrogen and oxygen atoms in total. The molecule has 18 heavy (non-hydrogen) atoms. The molecule has 1 atom stereocenters. The number of nitrogens with two attached hydrogens (primary N) is 1. The number of nitrogens with zero attached hydrogens (tertiary/aromatic N) is 3. The number of aryl methyl sites for hydroxylation is 1. The first-order valence-electron chi connectivity index (χ1n) is 6.43. The van der Waals surface area contributed by atoms with Crippen molar-refractivity contribution in [2.45, 2.75) is 44.2 Å². The first-order valence-corrected chi connectivity index (χ1v) is 8.25. The zero-order chi connectivity index (χ0) is 12.8. The van der Waals surface area contributed by atoms with Gasteiger partial charge in [0, 0.05) is 24.9 Å². The molecule has 3 heterocycles. The minimum absolute atomic E-state index is 0.166. The molecule has 0 aliphatic carbocycles. The summed E-state index contributed by atoms with van der Waals surface area (Å²) in [5, 5.41) is 8.48. The van der Waals surface area contributed by atoms with Gasteiger partial charge in [0.15, 0.2) is 0 Å². The fourth-order valence-electron chi connectivity index (χ4n) is 2.82. The van der Waals surface area contributed by atoms with E-state index < -0.39 is 9.84 Å². The third-order valence-corrected chi connectivity index (χ3v) is 5.65. The van der Waals surface area contributed by atoms with Gasteiger partial charge in [-0.25, -0.2) is 8.42 Å². The lowest BCUT2D eigenvalue weighted by Gasteiger charge is -2.25. The molecular weight excluding hydrogens is 252 g/mol. The smallest absolute Gasteiger partial charge is 0.150 e. The molecule has 7 heteroatoms. The molecule has 0 spiro atoms. The summed E-state index contributed by atoms with van der Waals surface area (Å²) in [6, 6.07) is 0.166. The molecule has 1 unspecified atom stereocenters. The Bertz CT molecular complexity index is 537. The summed E-state index contributed by atoms with van der Waals surface area (Å²) in [5.74, 6) is 2.70. The summed E-state index contributed by atoms with van der Waals surface area (Å²) in [7, 11) is -2.82. The van der Waals surface area contributed by atoms with Crippen LogP contribution in [0.15, 0.2) is 0 Å².